The van der Waals surface area contributed by atoms with E-state index in [2.05, 4.69) is 0 Å². The second-order valence-corrected chi connectivity index (χ2v) is 4.49. The molecule has 0 atom stereocenters. The molecule has 0 saturated carbocycles. The van der Waals surface area contributed by atoms with Gasteiger partial charge in [0, 0.05) is 11.8 Å². The molecule has 2 aromatic rings. The normalized spacial score (nSPS) is 10.4. The number of carboxylic acid groups (broad SMARTS) is 1. The predicted molar refractivity (Wildman–Crippen MR) is 72.9 cm³/mol. The summed E-state index contributed by atoms with van der Waals surface area (Å²) in [5.41, 5.74) is 0.119. The predicted octanol–water partition coefficient (Wildman–Crippen LogP) is 0.451. The molecular weight excluding hydrogens is 260 g/mol. The Hall–Kier alpha value is -2.63. The van der Waals surface area contributed by atoms with Crippen molar-refractivity contribution in [2.24, 2.45) is 0 Å². The Morgan fingerprint density at radius 1 is 1.20 bits per heavy atom. The van der Waals surface area contributed by atoms with Crippen molar-refractivity contribution in [2.45, 2.75) is 20.0 Å². The third-order valence-corrected chi connectivity index (χ3v) is 2.90. The Morgan fingerprint density at radius 2 is 1.85 bits per heavy atom. The zero-order valence-corrected chi connectivity index (χ0v) is 10.9. The van der Waals surface area contributed by atoms with Gasteiger partial charge in [0.15, 0.2) is 0 Å². The van der Waals surface area contributed by atoms with Gasteiger partial charge in [-0.25, -0.2) is 4.79 Å². The summed E-state index contributed by atoms with van der Waals surface area (Å²) in [6, 6.07) is 9.06. The Labute approximate surface area is 114 Å². The van der Waals surface area contributed by atoms with Crippen LogP contribution in [0, 0.1) is 6.92 Å². The lowest BCUT2D eigenvalue weighted by Gasteiger charge is -2.10. The third-order valence-electron chi connectivity index (χ3n) is 2.90. The van der Waals surface area contributed by atoms with E-state index in [1.54, 1.807) is 19.1 Å². The molecule has 0 radical (unpaired) electrons. The van der Waals surface area contributed by atoms with Crippen molar-refractivity contribution in [2.75, 3.05) is 0 Å². The lowest BCUT2D eigenvalue weighted by molar-refractivity contribution is -0.137. The van der Waals surface area contributed by atoms with Crippen LogP contribution in [0.3, 0.4) is 0 Å². The molecule has 20 heavy (non-hydrogen) atoms. The van der Waals surface area contributed by atoms with E-state index >= 15 is 0 Å². The second kappa shape index (κ2) is 5.56. The third kappa shape index (κ3) is 2.85. The van der Waals surface area contributed by atoms with Gasteiger partial charge in [0.25, 0.3) is 5.56 Å². The van der Waals surface area contributed by atoms with Crippen LogP contribution in [0.4, 0.5) is 0 Å². The van der Waals surface area contributed by atoms with Gasteiger partial charge in [-0.05, 0) is 12.5 Å². The number of hydrogen-bond acceptors (Lipinski definition) is 3. The average Bonchev–Trinajstić information content (AvgIpc) is 2.41. The summed E-state index contributed by atoms with van der Waals surface area (Å²) in [4.78, 5) is 34.9. The van der Waals surface area contributed by atoms with E-state index < -0.39 is 23.8 Å². The number of carbonyl (C=O) groups is 1. The molecule has 0 saturated heterocycles. The van der Waals surface area contributed by atoms with Crippen molar-refractivity contribution in [3.63, 3.8) is 0 Å². The lowest BCUT2D eigenvalue weighted by atomic mass is 10.2. The van der Waals surface area contributed by atoms with Crippen LogP contribution < -0.4 is 11.2 Å². The lowest BCUT2D eigenvalue weighted by Crippen LogP contribution is -2.41. The summed E-state index contributed by atoms with van der Waals surface area (Å²) in [5, 5.41) is 8.79. The Kier molecular flexibility index (Phi) is 3.84. The Morgan fingerprint density at radius 3 is 2.45 bits per heavy atom. The van der Waals surface area contributed by atoms with Crippen molar-refractivity contribution >= 4 is 5.97 Å². The van der Waals surface area contributed by atoms with Crippen LogP contribution in [0.15, 0.2) is 46.1 Å². The number of aromatic nitrogens is 2. The minimum absolute atomic E-state index is 0.125. The van der Waals surface area contributed by atoms with Gasteiger partial charge < -0.3 is 5.11 Å². The number of aliphatic carboxylic acids is 1. The average molecular weight is 274 g/mol. The highest BCUT2D eigenvalue weighted by Gasteiger charge is 2.11. The Bertz CT molecular complexity index is 744. The molecule has 1 heterocycles. The maximum absolute atomic E-state index is 12.1. The quantitative estimate of drug-likeness (QED) is 0.877. The maximum Gasteiger partial charge on any atom is 0.331 e. The molecule has 2 rings (SSSR count). The van der Waals surface area contributed by atoms with E-state index in [9.17, 15) is 14.4 Å². The van der Waals surface area contributed by atoms with Crippen LogP contribution >= 0.6 is 0 Å². The maximum atomic E-state index is 12.1. The zero-order chi connectivity index (χ0) is 14.7. The molecule has 0 spiro atoms. The number of aryl methyl sites for hydroxylation is 1. The monoisotopic (exact) mass is 274 g/mol. The van der Waals surface area contributed by atoms with Gasteiger partial charge in [0.1, 0.15) is 6.54 Å². The van der Waals surface area contributed by atoms with E-state index in [1.807, 2.05) is 18.2 Å². The van der Waals surface area contributed by atoms with Gasteiger partial charge in [-0.3, -0.25) is 18.7 Å². The number of hydrogen-bond donors (Lipinski definition) is 1. The SMILES string of the molecule is Cc1cn(CC(=O)O)c(=O)n(Cc2ccccc2)c1=O. The van der Waals surface area contributed by atoms with E-state index in [-0.39, 0.29) is 6.54 Å². The molecular formula is C14H14N2O4. The minimum atomic E-state index is -1.13. The summed E-state index contributed by atoms with van der Waals surface area (Å²) in [7, 11) is 0. The largest absolute Gasteiger partial charge is 0.480 e. The molecule has 6 nitrogen and oxygen atoms in total. The van der Waals surface area contributed by atoms with E-state index in [4.69, 9.17) is 5.11 Å². The number of nitrogens with zero attached hydrogens (tertiary/aromatic N) is 2. The first-order valence-corrected chi connectivity index (χ1v) is 6.05. The minimum Gasteiger partial charge on any atom is -0.480 e. The highest BCUT2D eigenvalue weighted by Crippen LogP contribution is 1.99. The fraction of sp³-hybridized carbons (Fsp3) is 0.214. The van der Waals surface area contributed by atoms with Gasteiger partial charge in [0.2, 0.25) is 0 Å². The summed E-state index contributed by atoms with van der Waals surface area (Å²) < 4.78 is 2.08. The first-order chi connectivity index (χ1) is 9.49. The van der Waals surface area contributed by atoms with Crippen molar-refractivity contribution in [1.29, 1.82) is 0 Å². The van der Waals surface area contributed by atoms with Crippen LogP contribution in [0.1, 0.15) is 11.1 Å². The molecule has 104 valence electrons. The smallest absolute Gasteiger partial charge is 0.331 e. The van der Waals surface area contributed by atoms with Crippen molar-refractivity contribution in [3.05, 3.63) is 68.5 Å². The molecule has 1 aromatic heterocycles. The number of rotatable bonds is 4. The molecule has 0 fully saturated rings. The van der Waals surface area contributed by atoms with Crippen LogP contribution in [0.2, 0.25) is 0 Å². The summed E-state index contributed by atoms with van der Waals surface area (Å²) in [6.45, 7) is 1.22. The molecule has 0 bridgehead atoms. The molecule has 0 aliphatic heterocycles. The number of benzene rings is 1. The number of carboxylic acids is 1. The topological polar surface area (TPSA) is 81.3 Å². The van der Waals surface area contributed by atoms with E-state index in [0.29, 0.717) is 5.56 Å². The molecule has 0 aliphatic rings. The van der Waals surface area contributed by atoms with Gasteiger partial charge >= 0.3 is 11.7 Å². The van der Waals surface area contributed by atoms with Crippen LogP contribution in [-0.2, 0) is 17.9 Å². The molecule has 6 heteroatoms. The summed E-state index contributed by atoms with van der Waals surface area (Å²) in [6.07, 6.45) is 1.28. The second-order valence-electron chi connectivity index (χ2n) is 4.49. The standard InChI is InChI=1S/C14H14N2O4/c1-10-7-15(9-12(17)18)14(20)16(13(10)19)8-11-5-3-2-4-6-11/h2-7H,8-9H2,1H3,(H,17,18). The van der Waals surface area contributed by atoms with Crippen molar-refractivity contribution in [3.8, 4) is 0 Å². The zero-order valence-electron chi connectivity index (χ0n) is 10.9. The first kappa shape index (κ1) is 13.8. The highest BCUT2D eigenvalue weighted by atomic mass is 16.4. The molecule has 0 unspecified atom stereocenters. The molecule has 0 aliphatic carbocycles. The van der Waals surface area contributed by atoms with Crippen molar-refractivity contribution < 1.29 is 9.90 Å². The fourth-order valence-electron chi connectivity index (χ4n) is 1.96. The molecule has 1 N–H and O–H groups in total. The van der Waals surface area contributed by atoms with Crippen LogP contribution in [0.25, 0.3) is 0 Å². The van der Waals surface area contributed by atoms with Crippen LogP contribution in [0.5, 0.6) is 0 Å². The van der Waals surface area contributed by atoms with Gasteiger partial charge in [-0.1, -0.05) is 30.3 Å². The fourth-order valence-corrected chi connectivity index (χ4v) is 1.96. The van der Waals surface area contributed by atoms with E-state index in [0.717, 1.165) is 14.7 Å². The van der Waals surface area contributed by atoms with E-state index in [1.165, 1.54) is 6.20 Å². The summed E-state index contributed by atoms with van der Waals surface area (Å²) >= 11 is 0. The van der Waals surface area contributed by atoms with Crippen molar-refractivity contribution in [1.82, 2.24) is 9.13 Å². The highest BCUT2D eigenvalue weighted by molar-refractivity contribution is 5.66. The van der Waals surface area contributed by atoms with Gasteiger partial charge in [0.05, 0.1) is 6.54 Å². The first-order valence-electron chi connectivity index (χ1n) is 6.05. The Balaban J connectivity index is 2.52. The van der Waals surface area contributed by atoms with Gasteiger partial charge in [-0.2, -0.15) is 0 Å². The molecule has 1 aromatic carbocycles. The summed E-state index contributed by atoms with van der Waals surface area (Å²) in [5.74, 6) is -1.13. The van der Waals surface area contributed by atoms with Crippen LogP contribution in [-0.4, -0.2) is 20.2 Å². The molecule has 0 amide bonds. The van der Waals surface area contributed by atoms with Gasteiger partial charge in [-0.15, -0.1) is 0 Å².